The zero-order chi connectivity index (χ0) is 16.9. The number of carbonyl (C=O) groups is 1. The molecule has 1 N–H and O–H groups in total. The zero-order valence-corrected chi connectivity index (χ0v) is 15.6. The van der Waals surface area contributed by atoms with E-state index in [0.29, 0.717) is 0 Å². The third-order valence-corrected chi connectivity index (χ3v) is 4.48. The number of para-hydroxylation sites is 1. The fourth-order valence-electron chi connectivity index (χ4n) is 3.07. The average Bonchev–Trinajstić information content (AvgIpc) is 2.59. The number of halogens is 1. The highest BCUT2D eigenvalue weighted by Crippen LogP contribution is 2.21. The van der Waals surface area contributed by atoms with Gasteiger partial charge in [-0.25, -0.2) is 0 Å². The van der Waals surface area contributed by atoms with Gasteiger partial charge in [0.05, 0.1) is 13.2 Å². The maximum atomic E-state index is 12.8. The minimum atomic E-state index is -0.0451. The lowest BCUT2D eigenvalue weighted by Gasteiger charge is -2.27. The van der Waals surface area contributed by atoms with E-state index in [9.17, 15) is 4.79 Å². The van der Waals surface area contributed by atoms with Crippen LogP contribution < -0.4 is 5.32 Å². The van der Waals surface area contributed by atoms with Crippen LogP contribution in [-0.2, 0) is 11.3 Å². The van der Waals surface area contributed by atoms with Gasteiger partial charge in [0, 0.05) is 30.9 Å². The maximum absolute atomic E-state index is 12.8. The molecule has 0 unspecified atom stereocenters. The van der Waals surface area contributed by atoms with Gasteiger partial charge >= 0.3 is 0 Å². The predicted octanol–water partition coefficient (Wildman–Crippen LogP) is 3.81. The van der Waals surface area contributed by atoms with E-state index in [1.165, 1.54) is 0 Å². The van der Waals surface area contributed by atoms with Crippen LogP contribution in [0.1, 0.15) is 27.0 Å². The summed E-state index contributed by atoms with van der Waals surface area (Å²) in [5.41, 5.74) is 4.86. The van der Waals surface area contributed by atoms with Crippen molar-refractivity contribution in [3.63, 3.8) is 0 Å². The second-order valence-corrected chi connectivity index (χ2v) is 6.27. The number of aryl methyl sites for hydroxylation is 2. The molecular formula is C20H25ClN2O2. The molecule has 4 nitrogen and oxygen atoms in total. The van der Waals surface area contributed by atoms with Crippen molar-refractivity contribution in [3.8, 4) is 0 Å². The first-order valence-electron chi connectivity index (χ1n) is 8.41. The van der Waals surface area contributed by atoms with Gasteiger partial charge in [-0.1, -0.05) is 36.4 Å². The fraction of sp³-hybridized carbons (Fsp3) is 0.350. The Bertz CT molecular complexity index is 707. The van der Waals surface area contributed by atoms with Crippen molar-refractivity contribution in [2.45, 2.75) is 20.4 Å². The van der Waals surface area contributed by atoms with Crippen LogP contribution >= 0.6 is 12.4 Å². The van der Waals surface area contributed by atoms with E-state index < -0.39 is 0 Å². The molecular weight excluding hydrogens is 336 g/mol. The van der Waals surface area contributed by atoms with E-state index in [1.807, 2.05) is 56.3 Å². The van der Waals surface area contributed by atoms with E-state index in [0.717, 1.165) is 60.8 Å². The van der Waals surface area contributed by atoms with E-state index in [4.69, 9.17) is 4.74 Å². The molecule has 1 aliphatic rings. The summed E-state index contributed by atoms with van der Waals surface area (Å²) in [6, 6.07) is 13.9. The maximum Gasteiger partial charge on any atom is 0.256 e. The highest BCUT2D eigenvalue weighted by atomic mass is 35.5. The van der Waals surface area contributed by atoms with Crippen LogP contribution in [0.15, 0.2) is 42.5 Å². The van der Waals surface area contributed by atoms with E-state index in [2.05, 4.69) is 10.2 Å². The summed E-state index contributed by atoms with van der Waals surface area (Å²) in [5.74, 6) is -0.0451. The van der Waals surface area contributed by atoms with Gasteiger partial charge in [-0.2, -0.15) is 0 Å². The molecule has 2 aromatic rings. The van der Waals surface area contributed by atoms with E-state index in [-0.39, 0.29) is 18.3 Å². The number of ether oxygens (including phenoxy) is 1. The molecule has 1 amide bonds. The van der Waals surface area contributed by atoms with Crippen molar-refractivity contribution < 1.29 is 9.53 Å². The molecule has 0 aliphatic carbocycles. The summed E-state index contributed by atoms with van der Waals surface area (Å²) in [6.07, 6.45) is 0. The Labute approximate surface area is 155 Å². The third-order valence-electron chi connectivity index (χ3n) is 4.48. The van der Waals surface area contributed by atoms with Crippen LogP contribution in [0.4, 0.5) is 5.69 Å². The van der Waals surface area contributed by atoms with Crippen molar-refractivity contribution in [1.29, 1.82) is 0 Å². The molecule has 0 atom stereocenters. The number of hydrogen-bond donors (Lipinski definition) is 1. The van der Waals surface area contributed by atoms with Crippen LogP contribution in [0.2, 0.25) is 0 Å². The Hall–Kier alpha value is -1.88. The van der Waals surface area contributed by atoms with Crippen molar-refractivity contribution in [1.82, 2.24) is 4.90 Å². The van der Waals surface area contributed by atoms with E-state index >= 15 is 0 Å². The summed E-state index contributed by atoms with van der Waals surface area (Å²) in [5, 5.41) is 3.09. The number of anilines is 1. The molecule has 1 heterocycles. The number of carbonyl (C=O) groups excluding carboxylic acids is 1. The van der Waals surface area contributed by atoms with E-state index in [1.54, 1.807) is 0 Å². The Morgan fingerprint density at radius 1 is 1.04 bits per heavy atom. The molecule has 1 fully saturated rings. The molecule has 0 spiro atoms. The molecule has 1 aliphatic heterocycles. The van der Waals surface area contributed by atoms with Crippen molar-refractivity contribution in [2.24, 2.45) is 0 Å². The number of nitrogens with zero attached hydrogens (tertiary/aromatic N) is 1. The van der Waals surface area contributed by atoms with Gasteiger partial charge in [0.25, 0.3) is 5.91 Å². The Kier molecular flexibility index (Phi) is 7.00. The first-order valence-corrected chi connectivity index (χ1v) is 8.41. The van der Waals surface area contributed by atoms with Gasteiger partial charge in [-0.05, 0) is 36.6 Å². The molecule has 1 saturated heterocycles. The lowest BCUT2D eigenvalue weighted by Crippen LogP contribution is -2.36. The summed E-state index contributed by atoms with van der Waals surface area (Å²) >= 11 is 0. The molecule has 0 saturated carbocycles. The molecule has 0 bridgehead atoms. The van der Waals surface area contributed by atoms with Crippen LogP contribution in [0.3, 0.4) is 0 Å². The number of nitrogens with one attached hydrogen (secondary N) is 1. The fourth-order valence-corrected chi connectivity index (χ4v) is 3.07. The van der Waals surface area contributed by atoms with Crippen molar-refractivity contribution in [3.05, 3.63) is 64.7 Å². The average molecular weight is 361 g/mol. The number of hydrogen-bond acceptors (Lipinski definition) is 3. The SMILES string of the molecule is Cc1cccc(C)c1NC(=O)c1ccccc1CN1CCOCC1.Cl. The number of morpholine rings is 1. The standard InChI is InChI=1S/C20H24N2O2.ClH/c1-15-6-5-7-16(2)19(15)21-20(23)18-9-4-3-8-17(18)14-22-10-12-24-13-11-22;/h3-9H,10-14H2,1-2H3,(H,21,23);1H. The van der Waals surface area contributed by atoms with Gasteiger partial charge < -0.3 is 10.1 Å². The number of rotatable bonds is 4. The Morgan fingerprint density at radius 2 is 1.68 bits per heavy atom. The predicted molar refractivity (Wildman–Crippen MR) is 104 cm³/mol. The van der Waals surface area contributed by atoms with Gasteiger partial charge in [0.15, 0.2) is 0 Å². The van der Waals surface area contributed by atoms with Gasteiger partial charge in [-0.15, -0.1) is 12.4 Å². The lowest BCUT2D eigenvalue weighted by molar-refractivity contribution is 0.0341. The third kappa shape index (κ3) is 4.82. The van der Waals surface area contributed by atoms with Gasteiger partial charge in [-0.3, -0.25) is 9.69 Å². The molecule has 134 valence electrons. The number of amides is 1. The Balaban J connectivity index is 0.00000225. The Morgan fingerprint density at radius 3 is 2.36 bits per heavy atom. The monoisotopic (exact) mass is 360 g/mol. The van der Waals surface area contributed by atoms with Crippen LogP contribution in [0, 0.1) is 13.8 Å². The minimum absolute atomic E-state index is 0. The molecule has 2 aromatic carbocycles. The van der Waals surface area contributed by atoms with Crippen molar-refractivity contribution in [2.75, 3.05) is 31.6 Å². The number of benzene rings is 2. The quantitative estimate of drug-likeness (QED) is 0.901. The summed E-state index contributed by atoms with van der Waals surface area (Å²) < 4.78 is 5.40. The van der Waals surface area contributed by atoms with Crippen LogP contribution in [-0.4, -0.2) is 37.1 Å². The largest absolute Gasteiger partial charge is 0.379 e. The van der Waals surface area contributed by atoms with Gasteiger partial charge in [0.1, 0.15) is 0 Å². The topological polar surface area (TPSA) is 41.6 Å². The molecule has 0 aromatic heterocycles. The second-order valence-electron chi connectivity index (χ2n) is 6.27. The molecule has 3 rings (SSSR count). The zero-order valence-electron chi connectivity index (χ0n) is 14.7. The summed E-state index contributed by atoms with van der Waals surface area (Å²) in [7, 11) is 0. The van der Waals surface area contributed by atoms with Gasteiger partial charge in [0.2, 0.25) is 0 Å². The first-order chi connectivity index (χ1) is 11.6. The summed E-state index contributed by atoms with van der Waals surface area (Å²) in [6.45, 7) is 8.15. The van der Waals surface area contributed by atoms with Crippen LogP contribution in [0.25, 0.3) is 0 Å². The minimum Gasteiger partial charge on any atom is -0.379 e. The normalized spacial score (nSPS) is 14.6. The summed E-state index contributed by atoms with van der Waals surface area (Å²) in [4.78, 5) is 15.2. The second kappa shape index (κ2) is 8.99. The molecule has 5 heteroatoms. The smallest absolute Gasteiger partial charge is 0.256 e. The first kappa shape index (κ1) is 19.4. The van der Waals surface area contributed by atoms with Crippen molar-refractivity contribution >= 4 is 24.0 Å². The van der Waals surface area contributed by atoms with Crippen LogP contribution in [0.5, 0.6) is 0 Å². The lowest BCUT2D eigenvalue weighted by atomic mass is 10.0. The highest BCUT2D eigenvalue weighted by molar-refractivity contribution is 6.06. The highest BCUT2D eigenvalue weighted by Gasteiger charge is 2.17. The molecule has 0 radical (unpaired) electrons. The molecule has 25 heavy (non-hydrogen) atoms.